The SMILES string of the molecule is CCOC(=O)[C@]1(C(C)=O)C[C@](O)(c2ccccc2)[C@@H]([N+](=O)[O-])[C@@H]1c1ccc(Br)cc1. The lowest BCUT2D eigenvalue weighted by atomic mass is 9.70. The molecule has 0 radical (unpaired) electrons. The van der Waals surface area contributed by atoms with E-state index < -0.39 is 46.1 Å². The Hall–Kier alpha value is -2.58. The normalized spacial score (nSPS) is 28.1. The van der Waals surface area contributed by atoms with Crippen LogP contribution in [0.15, 0.2) is 59.1 Å². The summed E-state index contributed by atoms with van der Waals surface area (Å²) >= 11 is 3.33. The lowest BCUT2D eigenvalue weighted by Crippen LogP contribution is -2.45. The highest BCUT2D eigenvalue weighted by Crippen LogP contribution is 2.59. The lowest BCUT2D eigenvalue weighted by Gasteiger charge is -2.30. The quantitative estimate of drug-likeness (QED) is 0.296. The topological polar surface area (TPSA) is 107 Å². The zero-order valence-corrected chi connectivity index (χ0v) is 18.2. The first-order chi connectivity index (χ1) is 14.2. The van der Waals surface area contributed by atoms with Gasteiger partial charge in [-0.25, -0.2) is 0 Å². The summed E-state index contributed by atoms with van der Waals surface area (Å²) in [7, 11) is 0. The van der Waals surface area contributed by atoms with Crippen molar-refractivity contribution in [3.05, 3.63) is 80.3 Å². The number of ketones is 1. The number of hydrogen-bond acceptors (Lipinski definition) is 6. The standard InChI is InChI=1S/C22H22BrNO6/c1-3-30-20(26)21(14(2)25)13-22(27,16-7-5-4-6-8-16)19(24(28)29)18(21)15-9-11-17(23)12-10-15/h4-12,18-19,27H,3,13H2,1-2H3/t18-,19-,21-,22-/m0/s1. The molecule has 1 aliphatic rings. The van der Waals surface area contributed by atoms with Gasteiger partial charge in [0, 0.05) is 15.8 Å². The van der Waals surface area contributed by atoms with Crippen molar-refractivity contribution in [3.8, 4) is 0 Å². The summed E-state index contributed by atoms with van der Waals surface area (Å²) in [5.74, 6) is -2.64. The summed E-state index contributed by atoms with van der Waals surface area (Å²) in [5.41, 5.74) is -3.25. The Kier molecular flexibility index (Phi) is 6.10. The third-order valence-corrected chi connectivity index (χ3v) is 6.41. The van der Waals surface area contributed by atoms with E-state index in [0.29, 0.717) is 5.56 Å². The van der Waals surface area contributed by atoms with Gasteiger partial charge in [-0.2, -0.15) is 0 Å². The number of rotatable bonds is 6. The maximum absolute atomic E-state index is 13.2. The second-order valence-corrected chi connectivity index (χ2v) is 8.39. The van der Waals surface area contributed by atoms with Crippen molar-refractivity contribution in [2.45, 2.75) is 37.8 Å². The molecule has 4 atom stereocenters. The number of carbonyl (C=O) groups excluding carboxylic acids is 2. The van der Waals surface area contributed by atoms with E-state index in [2.05, 4.69) is 15.9 Å². The predicted octanol–water partition coefficient (Wildman–Crippen LogP) is 3.61. The molecule has 8 heteroatoms. The molecule has 30 heavy (non-hydrogen) atoms. The van der Waals surface area contributed by atoms with Crippen molar-refractivity contribution in [1.29, 1.82) is 0 Å². The van der Waals surface area contributed by atoms with Crippen molar-refractivity contribution in [3.63, 3.8) is 0 Å². The fraction of sp³-hybridized carbons (Fsp3) is 0.364. The van der Waals surface area contributed by atoms with E-state index >= 15 is 0 Å². The number of nitro groups is 1. The van der Waals surface area contributed by atoms with E-state index in [4.69, 9.17) is 4.74 Å². The number of carbonyl (C=O) groups is 2. The van der Waals surface area contributed by atoms with Crippen LogP contribution in [0.25, 0.3) is 0 Å². The van der Waals surface area contributed by atoms with Gasteiger partial charge in [-0.05, 0) is 37.1 Å². The van der Waals surface area contributed by atoms with Crippen LogP contribution in [0.1, 0.15) is 37.3 Å². The van der Waals surface area contributed by atoms with Gasteiger partial charge in [-0.15, -0.1) is 0 Å². The van der Waals surface area contributed by atoms with Crippen LogP contribution in [0.3, 0.4) is 0 Å². The Morgan fingerprint density at radius 2 is 1.80 bits per heavy atom. The number of benzene rings is 2. The summed E-state index contributed by atoms with van der Waals surface area (Å²) in [6, 6.07) is 13.1. The third kappa shape index (κ3) is 3.44. The highest BCUT2D eigenvalue weighted by Gasteiger charge is 2.73. The summed E-state index contributed by atoms with van der Waals surface area (Å²) in [4.78, 5) is 37.9. The van der Waals surface area contributed by atoms with Crippen molar-refractivity contribution >= 4 is 27.7 Å². The summed E-state index contributed by atoms with van der Waals surface area (Å²) < 4.78 is 5.96. The third-order valence-electron chi connectivity index (χ3n) is 5.88. The van der Waals surface area contributed by atoms with E-state index in [-0.39, 0.29) is 12.2 Å². The molecule has 0 amide bonds. The highest BCUT2D eigenvalue weighted by atomic mass is 79.9. The van der Waals surface area contributed by atoms with Gasteiger partial charge >= 0.3 is 5.97 Å². The molecule has 7 nitrogen and oxygen atoms in total. The molecule has 1 aliphatic carbocycles. The summed E-state index contributed by atoms with van der Waals surface area (Å²) in [6.07, 6.45) is -0.440. The fourth-order valence-corrected chi connectivity index (χ4v) is 4.83. The zero-order valence-electron chi connectivity index (χ0n) is 16.6. The van der Waals surface area contributed by atoms with Crippen LogP contribution >= 0.6 is 15.9 Å². The molecule has 0 spiro atoms. The van der Waals surface area contributed by atoms with Gasteiger partial charge in [0.25, 0.3) is 6.04 Å². The van der Waals surface area contributed by atoms with Crippen LogP contribution < -0.4 is 0 Å². The smallest absolute Gasteiger partial charge is 0.320 e. The minimum Gasteiger partial charge on any atom is -0.465 e. The maximum Gasteiger partial charge on any atom is 0.320 e. The number of aliphatic hydroxyl groups is 1. The van der Waals surface area contributed by atoms with Crippen LogP contribution in [0.2, 0.25) is 0 Å². The number of Topliss-reactive ketones (excluding diaryl/α,β-unsaturated/α-hetero) is 1. The highest BCUT2D eigenvalue weighted by molar-refractivity contribution is 9.10. The Bertz CT molecular complexity index is 963. The van der Waals surface area contributed by atoms with Gasteiger partial charge in [-0.3, -0.25) is 19.7 Å². The van der Waals surface area contributed by atoms with Crippen LogP contribution in [0.5, 0.6) is 0 Å². The van der Waals surface area contributed by atoms with Gasteiger partial charge in [0.05, 0.1) is 12.5 Å². The van der Waals surface area contributed by atoms with Crippen molar-refractivity contribution < 1.29 is 24.4 Å². The van der Waals surface area contributed by atoms with Crippen molar-refractivity contribution in [2.75, 3.05) is 6.61 Å². The second kappa shape index (κ2) is 8.28. The lowest BCUT2D eigenvalue weighted by molar-refractivity contribution is -0.547. The van der Waals surface area contributed by atoms with E-state index in [1.807, 2.05) is 0 Å². The first-order valence-electron chi connectivity index (χ1n) is 9.53. The van der Waals surface area contributed by atoms with Crippen LogP contribution in [-0.2, 0) is 19.9 Å². The monoisotopic (exact) mass is 475 g/mol. The van der Waals surface area contributed by atoms with Crippen LogP contribution in [-0.4, -0.2) is 34.4 Å². The van der Waals surface area contributed by atoms with Crippen molar-refractivity contribution in [2.24, 2.45) is 5.41 Å². The van der Waals surface area contributed by atoms with E-state index in [9.17, 15) is 24.8 Å². The van der Waals surface area contributed by atoms with Gasteiger partial charge in [0.1, 0.15) is 11.2 Å². The molecule has 2 aromatic carbocycles. The Labute approximate surface area is 182 Å². The molecule has 0 unspecified atom stereocenters. The molecule has 0 saturated heterocycles. The fourth-order valence-electron chi connectivity index (χ4n) is 4.56. The summed E-state index contributed by atoms with van der Waals surface area (Å²) in [6.45, 7) is 2.83. The number of hydrogen-bond donors (Lipinski definition) is 1. The Morgan fingerprint density at radius 3 is 2.30 bits per heavy atom. The van der Waals surface area contributed by atoms with Crippen molar-refractivity contribution in [1.82, 2.24) is 0 Å². The molecule has 1 saturated carbocycles. The molecular weight excluding hydrogens is 454 g/mol. The zero-order chi connectivity index (χ0) is 22.1. The number of ether oxygens (including phenoxy) is 1. The molecule has 158 valence electrons. The van der Waals surface area contributed by atoms with Gasteiger partial charge in [0.2, 0.25) is 0 Å². The van der Waals surface area contributed by atoms with Crippen LogP contribution in [0, 0.1) is 15.5 Å². The first-order valence-corrected chi connectivity index (χ1v) is 10.3. The average molecular weight is 476 g/mol. The minimum atomic E-state index is -2.04. The molecule has 0 bridgehead atoms. The molecule has 1 N–H and O–H groups in total. The molecular formula is C22H22BrNO6. The molecule has 3 rings (SSSR count). The Balaban J connectivity index is 2.33. The second-order valence-electron chi connectivity index (χ2n) is 7.47. The van der Waals surface area contributed by atoms with Gasteiger partial charge in [-0.1, -0.05) is 58.4 Å². The van der Waals surface area contributed by atoms with Gasteiger partial charge < -0.3 is 9.84 Å². The molecule has 0 heterocycles. The number of halogens is 1. The number of esters is 1. The largest absolute Gasteiger partial charge is 0.465 e. The van der Waals surface area contributed by atoms with E-state index in [0.717, 1.165) is 4.47 Å². The summed E-state index contributed by atoms with van der Waals surface area (Å²) in [5, 5.41) is 24.0. The molecule has 0 aliphatic heterocycles. The number of nitrogens with zero attached hydrogens (tertiary/aromatic N) is 1. The van der Waals surface area contributed by atoms with Gasteiger partial charge in [0.15, 0.2) is 5.60 Å². The molecule has 2 aromatic rings. The van der Waals surface area contributed by atoms with Crippen LogP contribution in [0.4, 0.5) is 0 Å². The Morgan fingerprint density at radius 1 is 1.20 bits per heavy atom. The average Bonchev–Trinajstić information content (AvgIpc) is 3.01. The predicted molar refractivity (Wildman–Crippen MR) is 112 cm³/mol. The van der Waals surface area contributed by atoms with E-state index in [1.165, 1.54) is 6.92 Å². The molecule has 1 fully saturated rings. The van der Waals surface area contributed by atoms with E-state index in [1.54, 1.807) is 61.5 Å². The first kappa shape index (κ1) is 22.1. The molecule has 0 aromatic heterocycles. The minimum absolute atomic E-state index is 0.00776. The maximum atomic E-state index is 13.2.